The lowest BCUT2D eigenvalue weighted by molar-refractivity contribution is -0.152. The zero-order chi connectivity index (χ0) is 15.3. The molecule has 0 saturated carbocycles. The van der Waals surface area contributed by atoms with Gasteiger partial charge in [0.05, 0.1) is 25.7 Å². The maximum absolute atomic E-state index is 12.2. The van der Waals surface area contributed by atoms with Crippen molar-refractivity contribution < 1.29 is 32.6 Å². The van der Waals surface area contributed by atoms with Crippen molar-refractivity contribution in [2.24, 2.45) is 5.92 Å². The van der Waals surface area contributed by atoms with Gasteiger partial charge in [-0.1, -0.05) is 6.92 Å². The highest BCUT2D eigenvalue weighted by Gasteiger charge is 2.40. The van der Waals surface area contributed by atoms with Crippen molar-refractivity contribution >= 4 is 11.9 Å². The van der Waals surface area contributed by atoms with E-state index in [9.17, 15) is 22.8 Å². The van der Waals surface area contributed by atoms with Gasteiger partial charge in [0.2, 0.25) is 5.91 Å². The van der Waals surface area contributed by atoms with Crippen LogP contribution in [0.3, 0.4) is 0 Å². The van der Waals surface area contributed by atoms with Gasteiger partial charge in [0.1, 0.15) is 5.92 Å². The largest absolute Gasteiger partial charge is 0.481 e. The summed E-state index contributed by atoms with van der Waals surface area (Å²) in [6.45, 7) is 2.03. The van der Waals surface area contributed by atoms with Crippen LogP contribution in [0, 0.1) is 5.92 Å². The molecule has 0 radical (unpaired) electrons. The van der Waals surface area contributed by atoms with Crippen LogP contribution in [-0.2, 0) is 14.3 Å². The van der Waals surface area contributed by atoms with Crippen LogP contribution >= 0.6 is 0 Å². The summed E-state index contributed by atoms with van der Waals surface area (Å²) in [5.74, 6) is -2.65. The fourth-order valence-electron chi connectivity index (χ4n) is 2.19. The van der Waals surface area contributed by atoms with Crippen LogP contribution in [0.4, 0.5) is 13.2 Å². The Kier molecular flexibility index (Phi) is 5.79. The van der Waals surface area contributed by atoms with Crippen LogP contribution in [-0.4, -0.2) is 53.9 Å². The molecule has 1 heterocycles. The molecule has 0 aliphatic carbocycles. The van der Waals surface area contributed by atoms with E-state index in [0.29, 0.717) is 6.42 Å². The summed E-state index contributed by atoms with van der Waals surface area (Å²) in [7, 11) is 0. The number of nitrogens with zero attached hydrogens (tertiary/aromatic N) is 1. The molecule has 0 spiro atoms. The second-order valence-electron chi connectivity index (χ2n) is 4.75. The van der Waals surface area contributed by atoms with E-state index in [2.05, 4.69) is 0 Å². The Bertz CT molecular complexity index is 359. The molecule has 5 nitrogen and oxygen atoms in total. The van der Waals surface area contributed by atoms with Crippen molar-refractivity contribution in [2.45, 2.75) is 38.4 Å². The van der Waals surface area contributed by atoms with Crippen molar-refractivity contribution in [1.29, 1.82) is 0 Å². The highest BCUT2D eigenvalue weighted by Crippen LogP contribution is 2.25. The molecule has 8 heteroatoms. The van der Waals surface area contributed by atoms with E-state index in [1.54, 1.807) is 6.92 Å². The second kappa shape index (κ2) is 6.92. The van der Waals surface area contributed by atoms with E-state index in [-0.39, 0.29) is 19.8 Å². The van der Waals surface area contributed by atoms with E-state index in [1.165, 1.54) is 4.90 Å². The number of carbonyl (C=O) groups excluding carboxylic acids is 1. The van der Waals surface area contributed by atoms with Crippen molar-refractivity contribution in [3.8, 4) is 0 Å². The van der Waals surface area contributed by atoms with Crippen molar-refractivity contribution in [3.05, 3.63) is 0 Å². The van der Waals surface area contributed by atoms with E-state index >= 15 is 0 Å². The SMILES string of the molecule is CCCN(C(=O)CCC(F)(F)F)C1COCC1C(=O)O. The molecule has 0 aromatic carbocycles. The first kappa shape index (κ1) is 16.7. The number of halogens is 3. The number of ether oxygens (including phenoxy) is 1. The summed E-state index contributed by atoms with van der Waals surface area (Å²) in [6.07, 6.45) is -5.71. The number of hydrogen-bond acceptors (Lipinski definition) is 3. The molecule has 2 unspecified atom stereocenters. The third kappa shape index (κ3) is 4.66. The minimum Gasteiger partial charge on any atom is -0.481 e. The lowest BCUT2D eigenvalue weighted by Gasteiger charge is -2.30. The third-order valence-corrected chi connectivity index (χ3v) is 3.18. The standard InChI is InChI=1S/C12H18F3NO4/c1-2-5-16(10(17)3-4-12(13,14)15)9-7-20-6-8(9)11(18)19/h8-9H,2-7H2,1H3,(H,18,19). The molecule has 1 saturated heterocycles. The average molecular weight is 297 g/mol. The molecule has 1 N–H and O–H groups in total. The maximum atomic E-state index is 12.2. The van der Waals surface area contributed by atoms with Gasteiger partial charge in [-0.15, -0.1) is 0 Å². The number of carboxylic acid groups (broad SMARTS) is 1. The number of rotatable bonds is 6. The lowest BCUT2D eigenvalue weighted by atomic mass is 10.0. The van der Waals surface area contributed by atoms with Gasteiger partial charge in [0, 0.05) is 13.0 Å². The predicted octanol–water partition coefficient (Wildman–Crippen LogP) is 1.67. The summed E-state index contributed by atoms with van der Waals surface area (Å²) in [5, 5.41) is 9.04. The summed E-state index contributed by atoms with van der Waals surface area (Å²) >= 11 is 0. The van der Waals surface area contributed by atoms with Gasteiger partial charge in [0.15, 0.2) is 0 Å². The Morgan fingerprint density at radius 3 is 2.50 bits per heavy atom. The minimum absolute atomic E-state index is 0.0211. The molecular formula is C12H18F3NO4. The van der Waals surface area contributed by atoms with E-state index in [4.69, 9.17) is 9.84 Å². The van der Waals surface area contributed by atoms with E-state index in [1.807, 2.05) is 0 Å². The predicted molar refractivity (Wildman–Crippen MR) is 63.0 cm³/mol. The normalized spacial score (nSPS) is 22.8. The highest BCUT2D eigenvalue weighted by atomic mass is 19.4. The van der Waals surface area contributed by atoms with Gasteiger partial charge in [-0.2, -0.15) is 13.2 Å². The monoisotopic (exact) mass is 297 g/mol. The molecule has 2 atom stereocenters. The maximum Gasteiger partial charge on any atom is 0.389 e. The van der Waals surface area contributed by atoms with Crippen LogP contribution in [0.1, 0.15) is 26.2 Å². The first-order valence-corrected chi connectivity index (χ1v) is 6.43. The molecule has 0 bridgehead atoms. The highest BCUT2D eigenvalue weighted by molar-refractivity contribution is 5.78. The Hall–Kier alpha value is -1.31. The van der Waals surface area contributed by atoms with Gasteiger partial charge in [-0.05, 0) is 6.42 Å². The van der Waals surface area contributed by atoms with Gasteiger partial charge < -0.3 is 14.7 Å². The summed E-state index contributed by atoms with van der Waals surface area (Å²) in [4.78, 5) is 24.2. The van der Waals surface area contributed by atoms with Crippen LogP contribution < -0.4 is 0 Å². The zero-order valence-corrected chi connectivity index (χ0v) is 11.2. The van der Waals surface area contributed by atoms with Crippen molar-refractivity contribution in [3.63, 3.8) is 0 Å². The molecule has 1 rings (SSSR count). The van der Waals surface area contributed by atoms with Crippen LogP contribution in [0.15, 0.2) is 0 Å². The molecule has 0 aromatic heterocycles. The van der Waals surface area contributed by atoms with Crippen molar-refractivity contribution in [1.82, 2.24) is 4.90 Å². The third-order valence-electron chi connectivity index (χ3n) is 3.18. The second-order valence-corrected chi connectivity index (χ2v) is 4.75. The fourth-order valence-corrected chi connectivity index (χ4v) is 2.19. The lowest BCUT2D eigenvalue weighted by Crippen LogP contribution is -2.47. The number of carbonyl (C=O) groups is 2. The average Bonchev–Trinajstić information content (AvgIpc) is 2.81. The molecule has 1 aliphatic heterocycles. The van der Waals surface area contributed by atoms with Crippen LogP contribution in [0.25, 0.3) is 0 Å². The Labute approximate surface area is 114 Å². The number of hydrogen-bond donors (Lipinski definition) is 1. The zero-order valence-electron chi connectivity index (χ0n) is 11.2. The minimum atomic E-state index is -4.40. The smallest absolute Gasteiger partial charge is 0.389 e. The quantitative estimate of drug-likeness (QED) is 0.810. The first-order valence-electron chi connectivity index (χ1n) is 6.43. The summed E-state index contributed by atoms with van der Waals surface area (Å²) < 4.78 is 41.5. The van der Waals surface area contributed by atoms with Crippen molar-refractivity contribution in [2.75, 3.05) is 19.8 Å². The Morgan fingerprint density at radius 2 is 2.00 bits per heavy atom. The summed E-state index contributed by atoms with van der Waals surface area (Å²) in [6, 6.07) is -0.687. The first-order chi connectivity index (χ1) is 9.26. The molecule has 1 aliphatic rings. The van der Waals surface area contributed by atoms with Gasteiger partial charge in [-0.3, -0.25) is 9.59 Å². The van der Waals surface area contributed by atoms with Gasteiger partial charge >= 0.3 is 12.1 Å². The van der Waals surface area contributed by atoms with Gasteiger partial charge in [-0.25, -0.2) is 0 Å². The molecule has 20 heavy (non-hydrogen) atoms. The molecule has 1 amide bonds. The summed E-state index contributed by atoms with van der Waals surface area (Å²) in [5.41, 5.74) is 0. The Balaban J connectivity index is 2.72. The number of aliphatic carboxylic acids is 1. The number of alkyl halides is 3. The Morgan fingerprint density at radius 1 is 1.35 bits per heavy atom. The van der Waals surface area contributed by atoms with Crippen LogP contribution in [0.2, 0.25) is 0 Å². The molecular weight excluding hydrogens is 279 g/mol. The topological polar surface area (TPSA) is 66.8 Å². The number of amides is 1. The number of carboxylic acids is 1. The molecule has 0 aromatic rings. The molecule has 116 valence electrons. The van der Waals surface area contributed by atoms with E-state index in [0.717, 1.165) is 0 Å². The van der Waals surface area contributed by atoms with E-state index < -0.39 is 42.9 Å². The van der Waals surface area contributed by atoms with Crippen LogP contribution in [0.5, 0.6) is 0 Å². The molecule has 1 fully saturated rings. The fraction of sp³-hybridized carbons (Fsp3) is 0.833. The van der Waals surface area contributed by atoms with Gasteiger partial charge in [0.25, 0.3) is 0 Å².